The quantitative estimate of drug-likeness (QED) is 0.731. The first-order valence-corrected chi connectivity index (χ1v) is 6.86. The van der Waals surface area contributed by atoms with Crippen molar-refractivity contribution in [2.24, 2.45) is 0 Å². The Hall–Kier alpha value is -1.26. The van der Waals surface area contributed by atoms with Gasteiger partial charge in [0.2, 0.25) is 0 Å². The molecule has 0 fully saturated rings. The van der Waals surface area contributed by atoms with Gasteiger partial charge in [-0.25, -0.2) is 0 Å². The van der Waals surface area contributed by atoms with Crippen LogP contribution >= 0.6 is 0 Å². The first-order chi connectivity index (χ1) is 9.06. The Morgan fingerprint density at radius 3 is 2.47 bits per heavy atom. The number of likely N-dealkylation sites (N-methyl/N-ethyl adjacent to an activating group) is 1. The van der Waals surface area contributed by atoms with Gasteiger partial charge < -0.3 is 15.4 Å². The van der Waals surface area contributed by atoms with Crippen LogP contribution in [-0.4, -0.2) is 50.6 Å². The second-order valence-corrected chi connectivity index (χ2v) is 5.15. The predicted molar refractivity (Wildman–Crippen MR) is 81.5 cm³/mol. The number of rotatable bonds is 8. The summed E-state index contributed by atoms with van der Waals surface area (Å²) in [5.74, 6) is 0.881. The molecule has 4 heteroatoms. The summed E-state index contributed by atoms with van der Waals surface area (Å²) in [4.78, 5) is 4.66. The Labute approximate surface area is 117 Å². The van der Waals surface area contributed by atoms with Crippen LogP contribution in [0.3, 0.4) is 0 Å². The molecule has 19 heavy (non-hydrogen) atoms. The minimum absolute atomic E-state index is 0.746. The molecule has 0 saturated carbocycles. The number of benzene rings is 1. The highest BCUT2D eigenvalue weighted by Gasteiger charge is 2.10. The van der Waals surface area contributed by atoms with Crippen LogP contribution in [0.2, 0.25) is 0 Å². The maximum atomic E-state index is 5.79. The average molecular weight is 265 g/mol. The van der Waals surface area contributed by atoms with Crippen molar-refractivity contribution in [3.8, 4) is 5.75 Å². The monoisotopic (exact) mass is 265 g/mol. The van der Waals surface area contributed by atoms with Gasteiger partial charge in [-0.05, 0) is 33.1 Å². The number of hydrogen-bond acceptors (Lipinski definition) is 4. The second-order valence-electron chi connectivity index (χ2n) is 5.15. The fraction of sp³-hybridized carbons (Fsp3) is 0.600. The molecule has 0 heterocycles. The van der Waals surface area contributed by atoms with Crippen molar-refractivity contribution in [2.75, 3.05) is 46.6 Å². The molecule has 0 unspecified atom stereocenters. The van der Waals surface area contributed by atoms with Gasteiger partial charge in [-0.1, -0.05) is 13.0 Å². The van der Waals surface area contributed by atoms with Gasteiger partial charge in [0.05, 0.1) is 7.11 Å². The molecule has 0 aromatic heterocycles. The standard InChI is InChI=1S/C15H27N3O/c1-5-8-18(10-9-17(2)3)12-13-6-7-14(16)11-15(13)19-4/h6-7,11H,5,8-10,12,16H2,1-4H3. The van der Waals surface area contributed by atoms with E-state index in [2.05, 4.69) is 36.9 Å². The van der Waals surface area contributed by atoms with Crippen LogP contribution in [-0.2, 0) is 6.54 Å². The number of nitrogens with zero attached hydrogens (tertiary/aromatic N) is 2. The minimum Gasteiger partial charge on any atom is -0.496 e. The van der Waals surface area contributed by atoms with Crippen LogP contribution in [0, 0.1) is 0 Å². The van der Waals surface area contributed by atoms with E-state index in [9.17, 15) is 0 Å². The first-order valence-electron chi connectivity index (χ1n) is 6.86. The van der Waals surface area contributed by atoms with E-state index in [1.807, 2.05) is 12.1 Å². The van der Waals surface area contributed by atoms with E-state index in [-0.39, 0.29) is 0 Å². The molecular weight excluding hydrogens is 238 g/mol. The summed E-state index contributed by atoms with van der Waals surface area (Å²) < 4.78 is 5.41. The highest BCUT2D eigenvalue weighted by Crippen LogP contribution is 2.23. The summed E-state index contributed by atoms with van der Waals surface area (Å²) in [5.41, 5.74) is 7.73. The fourth-order valence-corrected chi connectivity index (χ4v) is 2.06. The fourth-order valence-electron chi connectivity index (χ4n) is 2.06. The van der Waals surface area contributed by atoms with E-state index in [4.69, 9.17) is 10.5 Å². The van der Waals surface area contributed by atoms with E-state index in [1.54, 1.807) is 7.11 Å². The molecule has 4 nitrogen and oxygen atoms in total. The van der Waals surface area contributed by atoms with E-state index in [0.717, 1.165) is 44.0 Å². The summed E-state index contributed by atoms with van der Waals surface area (Å²) in [6, 6.07) is 5.89. The van der Waals surface area contributed by atoms with E-state index in [1.165, 1.54) is 5.56 Å². The van der Waals surface area contributed by atoms with Crippen molar-refractivity contribution in [1.29, 1.82) is 0 Å². The summed E-state index contributed by atoms with van der Waals surface area (Å²) in [6.45, 7) is 6.35. The average Bonchev–Trinajstić information content (AvgIpc) is 2.38. The van der Waals surface area contributed by atoms with Gasteiger partial charge in [0.1, 0.15) is 5.75 Å². The van der Waals surface area contributed by atoms with Gasteiger partial charge in [0, 0.05) is 37.0 Å². The molecule has 108 valence electrons. The van der Waals surface area contributed by atoms with Crippen LogP contribution < -0.4 is 10.5 Å². The number of anilines is 1. The Morgan fingerprint density at radius 1 is 1.16 bits per heavy atom. The Balaban J connectivity index is 2.72. The van der Waals surface area contributed by atoms with Crippen molar-refractivity contribution < 1.29 is 4.74 Å². The lowest BCUT2D eigenvalue weighted by Crippen LogP contribution is -2.32. The second kappa shape index (κ2) is 8.02. The summed E-state index contributed by atoms with van der Waals surface area (Å²) >= 11 is 0. The van der Waals surface area contributed by atoms with Crippen LogP contribution in [0.4, 0.5) is 5.69 Å². The number of nitrogens with two attached hydrogens (primary N) is 1. The normalized spacial score (nSPS) is 11.3. The zero-order valence-electron chi connectivity index (χ0n) is 12.6. The molecule has 0 amide bonds. The lowest BCUT2D eigenvalue weighted by Gasteiger charge is -2.24. The van der Waals surface area contributed by atoms with Gasteiger partial charge in [0.25, 0.3) is 0 Å². The third-order valence-corrected chi connectivity index (χ3v) is 3.11. The van der Waals surface area contributed by atoms with E-state index in [0.29, 0.717) is 0 Å². The molecule has 0 bridgehead atoms. The Bertz CT molecular complexity index is 380. The molecule has 0 saturated heterocycles. The number of methoxy groups -OCH3 is 1. The number of ether oxygens (including phenoxy) is 1. The van der Waals surface area contributed by atoms with Gasteiger partial charge in [-0.3, -0.25) is 4.90 Å². The van der Waals surface area contributed by atoms with Crippen LogP contribution in [0.15, 0.2) is 18.2 Å². The molecular formula is C15H27N3O. The highest BCUT2D eigenvalue weighted by atomic mass is 16.5. The van der Waals surface area contributed by atoms with Crippen molar-refractivity contribution in [1.82, 2.24) is 9.80 Å². The number of nitrogen functional groups attached to an aromatic ring is 1. The lowest BCUT2D eigenvalue weighted by atomic mass is 10.1. The molecule has 0 aliphatic carbocycles. The zero-order chi connectivity index (χ0) is 14.3. The molecule has 0 spiro atoms. The van der Waals surface area contributed by atoms with Gasteiger partial charge >= 0.3 is 0 Å². The van der Waals surface area contributed by atoms with Crippen LogP contribution in [0.5, 0.6) is 5.75 Å². The molecule has 0 aliphatic heterocycles. The smallest absolute Gasteiger partial charge is 0.125 e. The molecule has 1 aromatic rings. The van der Waals surface area contributed by atoms with E-state index >= 15 is 0 Å². The van der Waals surface area contributed by atoms with Gasteiger partial charge in [-0.2, -0.15) is 0 Å². The lowest BCUT2D eigenvalue weighted by molar-refractivity contribution is 0.231. The molecule has 1 rings (SSSR count). The molecule has 0 aliphatic rings. The topological polar surface area (TPSA) is 41.7 Å². The Kier molecular flexibility index (Phi) is 6.67. The van der Waals surface area contributed by atoms with Crippen molar-refractivity contribution in [3.63, 3.8) is 0 Å². The van der Waals surface area contributed by atoms with Crippen LogP contribution in [0.25, 0.3) is 0 Å². The SMILES string of the molecule is CCCN(CCN(C)C)Cc1ccc(N)cc1OC. The number of hydrogen-bond donors (Lipinski definition) is 1. The molecule has 1 aromatic carbocycles. The Morgan fingerprint density at radius 2 is 1.89 bits per heavy atom. The summed E-state index contributed by atoms with van der Waals surface area (Å²) in [7, 11) is 5.91. The summed E-state index contributed by atoms with van der Waals surface area (Å²) in [6.07, 6.45) is 1.16. The van der Waals surface area contributed by atoms with Crippen molar-refractivity contribution in [2.45, 2.75) is 19.9 Å². The molecule has 0 radical (unpaired) electrons. The van der Waals surface area contributed by atoms with Crippen molar-refractivity contribution >= 4 is 5.69 Å². The maximum absolute atomic E-state index is 5.79. The third-order valence-electron chi connectivity index (χ3n) is 3.11. The minimum atomic E-state index is 0.746. The van der Waals surface area contributed by atoms with Gasteiger partial charge in [-0.15, -0.1) is 0 Å². The van der Waals surface area contributed by atoms with Crippen molar-refractivity contribution in [3.05, 3.63) is 23.8 Å². The van der Waals surface area contributed by atoms with Crippen LogP contribution in [0.1, 0.15) is 18.9 Å². The third kappa shape index (κ3) is 5.49. The molecule has 2 N–H and O–H groups in total. The zero-order valence-corrected chi connectivity index (χ0v) is 12.6. The predicted octanol–water partition coefficient (Wildman–Crippen LogP) is 2.05. The molecule has 0 atom stereocenters. The highest BCUT2D eigenvalue weighted by molar-refractivity contribution is 5.48. The largest absolute Gasteiger partial charge is 0.496 e. The van der Waals surface area contributed by atoms with Gasteiger partial charge in [0.15, 0.2) is 0 Å². The van der Waals surface area contributed by atoms with E-state index < -0.39 is 0 Å². The maximum Gasteiger partial charge on any atom is 0.125 e. The summed E-state index contributed by atoms with van der Waals surface area (Å²) in [5, 5.41) is 0. The first kappa shape index (κ1) is 15.8.